The minimum absolute atomic E-state index is 0. The lowest BCUT2D eigenvalue weighted by Gasteiger charge is -2.05. The van der Waals surface area contributed by atoms with E-state index in [-0.39, 0.29) is 18.2 Å². The van der Waals surface area contributed by atoms with E-state index >= 15 is 0 Å². The van der Waals surface area contributed by atoms with Crippen LogP contribution in [-0.4, -0.2) is 27.5 Å². The third-order valence-electron chi connectivity index (χ3n) is 1.88. The van der Waals surface area contributed by atoms with Gasteiger partial charge in [-0.05, 0) is 34.5 Å². The van der Waals surface area contributed by atoms with Gasteiger partial charge in [-0.3, -0.25) is 0 Å². The van der Waals surface area contributed by atoms with E-state index in [2.05, 4.69) is 0 Å². The average Bonchev–Trinajstić information content (AvgIpc) is 2.69. The molecule has 0 aliphatic rings. The van der Waals surface area contributed by atoms with Crippen LogP contribution in [0.3, 0.4) is 0 Å². The van der Waals surface area contributed by atoms with Crippen molar-refractivity contribution in [2.24, 2.45) is 0 Å². The van der Waals surface area contributed by atoms with E-state index in [9.17, 15) is 5.11 Å². The van der Waals surface area contributed by atoms with Crippen molar-refractivity contribution in [3.63, 3.8) is 0 Å². The fourth-order valence-corrected chi connectivity index (χ4v) is 1.93. The van der Waals surface area contributed by atoms with Crippen LogP contribution in [0.25, 0.3) is 11.1 Å². The van der Waals surface area contributed by atoms with Gasteiger partial charge >= 0.3 is 7.32 Å². The number of hydrogen-bond donors (Lipinski definition) is 5. The number of phenolic OH excluding ortho intramolecular Hbond substituents is 1. The molecule has 18 heavy (non-hydrogen) atoms. The summed E-state index contributed by atoms with van der Waals surface area (Å²) in [6, 6.07) is 7.10. The lowest BCUT2D eigenvalue weighted by atomic mass is 10.1. The van der Waals surface area contributed by atoms with Gasteiger partial charge in [-0.15, -0.1) is 12.4 Å². The molecular formula is C10H13BClNO4S. The molecule has 0 atom stereocenters. The van der Waals surface area contributed by atoms with Crippen molar-refractivity contribution in [2.75, 3.05) is 5.73 Å². The minimum Gasteiger partial charge on any atom is -0.507 e. The Labute approximate surface area is 115 Å². The first-order chi connectivity index (χ1) is 8.02. The maximum atomic E-state index is 9.59. The van der Waals surface area contributed by atoms with Crippen molar-refractivity contribution in [1.29, 1.82) is 0 Å². The molecule has 6 N–H and O–H groups in total. The monoisotopic (exact) mass is 289 g/mol. The van der Waals surface area contributed by atoms with Crippen molar-refractivity contribution in [2.45, 2.75) is 0 Å². The second kappa shape index (κ2) is 7.96. The molecule has 5 nitrogen and oxygen atoms in total. The standard InChI is InChI=1S/C10H9NOS.BH3O3.ClH/c11-8-2-1-3-9(12)10(8)7-4-5-13-6-7;2-1(3)4;/h1-6,12H,11H2;2-4H;1H. The molecule has 0 unspecified atom stereocenters. The summed E-state index contributed by atoms with van der Waals surface area (Å²) in [5.74, 6) is 0.235. The summed E-state index contributed by atoms with van der Waals surface area (Å²) in [7, 11) is -2.17. The van der Waals surface area contributed by atoms with Crippen LogP contribution in [0.2, 0.25) is 0 Å². The molecule has 0 radical (unpaired) electrons. The molecule has 2 rings (SSSR count). The first-order valence-corrected chi connectivity index (χ1v) is 5.61. The number of rotatable bonds is 1. The van der Waals surface area contributed by atoms with E-state index in [0.717, 1.165) is 11.1 Å². The molecule has 0 bridgehead atoms. The maximum Gasteiger partial charge on any atom is 0.631 e. The summed E-state index contributed by atoms with van der Waals surface area (Å²) in [6.07, 6.45) is 0. The molecule has 0 aliphatic heterocycles. The van der Waals surface area contributed by atoms with Crippen LogP contribution in [0, 0.1) is 0 Å². The third-order valence-corrected chi connectivity index (χ3v) is 2.57. The van der Waals surface area contributed by atoms with Gasteiger partial charge in [0, 0.05) is 11.3 Å². The smallest absolute Gasteiger partial charge is 0.507 e. The van der Waals surface area contributed by atoms with Crippen LogP contribution in [0.15, 0.2) is 35.0 Å². The molecule has 0 saturated carbocycles. The van der Waals surface area contributed by atoms with Crippen molar-refractivity contribution >= 4 is 36.8 Å². The van der Waals surface area contributed by atoms with Crippen LogP contribution in [0.4, 0.5) is 5.69 Å². The molecular weight excluding hydrogens is 276 g/mol. The Morgan fingerprint density at radius 3 is 2.17 bits per heavy atom. The number of nitrogen functional groups attached to an aromatic ring is 1. The highest BCUT2D eigenvalue weighted by molar-refractivity contribution is 7.08. The van der Waals surface area contributed by atoms with Crippen molar-refractivity contribution in [1.82, 2.24) is 0 Å². The summed E-state index contributed by atoms with van der Waals surface area (Å²) in [5, 5.41) is 35.0. The predicted molar refractivity (Wildman–Crippen MR) is 75.5 cm³/mol. The van der Waals surface area contributed by atoms with Crippen molar-refractivity contribution < 1.29 is 20.2 Å². The quantitative estimate of drug-likeness (QED) is 0.399. The van der Waals surface area contributed by atoms with Gasteiger partial charge in [-0.25, -0.2) is 0 Å². The van der Waals surface area contributed by atoms with Gasteiger partial charge in [0.15, 0.2) is 0 Å². The van der Waals surface area contributed by atoms with Crippen LogP contribution in [0.5, 0.6) is 5.75 Å². The van der Waals surface area contributed by atoms with Gasteiger partial charge in [0.2, 0.25) is 0 Å². The van der Waals surface area contributed by atoms with Gasteiger partial charge in [-0.2, -0.15) is 11.3 Å². The Kier molecular flexibility index (Phi) is 7.41. The molecule has 1 aromatic heterocycles. The molecule has 0 amide bonds. The van der Waals surface area contributed by atoms with E-state index < -0.39 is 7.32 Å². The third kappa shape index (κ3) is 4.95. The number of halogens is 1. The first-order valence-electron chi connectivity index (χ1n) is 4.66. The van der Waals surface area contributed by atoms with E-state index in [0.29, 0.717) is 5.69 Å². The highest BCUT2D eigenvalue weighted by Crippen LogP contribution is 2.35. The highest BCUT2D eigenvalue weighted by Gasteiger charge is 2.07. The second-order valence-corrected chi connectivity index (χ2v) is 3.88. The molecule has 2 aromatic rings. The molecule has 98 valence electrons. The Hall–Kier alpha value is -1.25. The number of benzene rings is 1. The SMILES string of the molecule is Cl.Nc1cccc(O)c1-c1ccsc1.OB(O)O. The summed E-state index contributed by atoms with van der Waals surface area (Å²) in [6.45, 7) is 0. The summed E-state index contributed by atoms with van der Waals surface area (Å²) < 4.78 is 0. The summed E-state index contributed by atoms with van der Waals surface area (Å²) >= 11 is 1.59. The zero-order valence-electron chi connectivity index (χ0n) is 9.22. The predicted octanol–water partition coefficient (Wildman–Crippen LogP) is 1.07. The van der Waals surface area contributed by atoms with Gasteiger partial charge in [0.25, 0.3) is 0 Å². The molecule has 8 heteroatoms. The molecule has 0 fully saturated rings. The van der Waals surface area contributed by atoms with Crippen LogP contribution >= 0.6 is 23.7 Å². The Bertz CT molecular complexity index is 444. The van der Waals surface area contributed by atoms with Gasteiger partial charge < -0.3 is 25.9 Å². The van der Waals surface area contributed by atoms with Crippen LogP contribution < -0.4 is 5.73 Å². The lowest BCUT2D eigenvalue weighted by Crippen LogP contribution is -2.07. The van der Waals surface area contributed by atoms with Gasteiger partial charge in [0.05, 0.1) is 0 Å². The van der Waals surface area contributed by atoms with E-state index in [1.54, 1.807) is 29.5 Å². The van der Waals surface area contributed by atoms with Crippen molar-refractivity contribution in [3.05, 3.63) is 35.0 Å². The Morgan fingerprint density at radius 2 is 1.72 bits per heavy atom. The van der Waals surface area contributed by atoms with E-state index in [1.807, 2.05) is 16.8 Å². The van der Waals surface area contributed by atoms with Crippen molar-refractivity contribution in [3.8, 4) is 16.9 Å². The first kappa shape index (κ1) is 16.8. The largest absolute Gasteiger partial charge is 0.631 e. The Morgan fingerprint density at radius 1 is 1.11 bits per heavy atom. The summed E-state index contributed by atoms with van der Waals surface area (Å²) in [5.41, 5.74) is 8.07. The number of aromatic hydroxyl groups is 1. The number of anilines is 1. The number of hydrogen-bond acceptors (Lipinski definition) is 6. The molecule has 0 aliphatic carbocycles. The molecule has 1 heterocycles. The second-order valence-electron chi connectivity index (χ2n) is 3.10. The Balaban J connectivity index is 0.000000512. The number of thiophene rings is 1. The lowest BCUT2D eigenvalue weighted by molar-refractivity contribution is 0.278. The zero-order chi connectivity index (χ0) is 12.8. The van der Waals surface area contributed by atoms with Gasteiger partial charge in [0.1, 0.15) is 5.75 Å². The topological polar surface area (TPSA) is 107 Å². The zero-order valence-corrected chi connectivity index (χ0v) is 10.9. The molecule has 1 aromatic carbocycles. The van der Waals surface area contributed by atoms with Crippen LogP contribution in [-0.2, 0) is 0 Å². The normalized spacial score (nSPS) is 8.83. The fourth-order valence-electron chi connectivity index (χ4n) is 1.28. The average molecular weight is 290 g/mol. The minimum atomic E-state index is -2.17. The molecule has 0 spiro atoms. The van der Waals surface area contributed by atoms with Crippen LogP contribution in [0.1, 0.15) is 0 Å². The number of nitrogens with two attached hydrogens (primary N) is 1. The number of phenols is 1. The van der Waals surface area contributed by atoms with E-state index in [1.165, 1.54) is 0 Å². The molecule has 0 saturated heterocycles. The highest BCUT2D eigenvalue weighted by atomic mass is 35.5. The fraction of sp³-hybridized carbons (Fsp3) is 0. The summed E-state index contributed by atoms with van der Waals surface area (Å²) in [4.78, 5) is 0. The van der Waals surface area contributed by atoms with E-state index in [4.69, 9.17) is 20.8 Å². The maximum absolute atomic E-state index is 9.59. The van der Waals surface area contributed by atoms with Gasteiger partial charge in [-0.1, -0.05) is 6.07 Å².